The lowest BCUT2D eigenvalue weighted by molar-refractivity contribution is -0.154. The molecule has 2 fully saturated rings. The van der Waals surface area contributed by atoms with Gasteiger partial charge in [-0.2, -0.15) is 0 Å². The van der Waals surface area contributed by atoms with Crippen molar-refractivity contribution in [3.05, 3.63) is 58.3 Å². The first-order valence-electron chi connectivity index (χ1n) is 9.43. The zero-order valence-corrected chi connectivity index (χ0v) is 16.3. The molecule has 7 heteroatoms. The average Bonchev–Trinajstić information content (AvgIpc) is 3.38. The molecule has 2 amide bonds. The molecule has 0 bridgehead atoms. The molecule has 2 aromatic rings. The van der Waals surface area contributed by atoms with E-state index in [4.69, 9.17) is 4.74 Å². The highest BCUT2D eigenvalue weighted by Crippen LogP contribution is 2.49. The lowest BCUT2D eigenvalue weighted by Crippen LogP contribution is -2.51. The van der Waals surface area contributed by atoms with E-state index in [0.717, 1.165) is 18.4 Å². The van der Waals surface area contributed by atoms with Crippen LogP contribution >= 0.6 is 11.3 Å². The number of thiophene rings is 1. The van der Waals surface area contributed by atoms with Gasteiger partial charge in [0, 0.05) is 26.2 Å². The number of nitrogens with zero attached hydrogens (tertiary/aromatic N) is 2. The van der Waals surface area contributed by atoms with E-state index < -0.39 is 5.41 Å². The Balaban J connectivity index is 1.26. The molecule has 1 aliphatic heterocycles. The van der Waals surface area contributed by atoms with E-state index in [2.05, 4.69) is 0 Å². The number of esters is 1. The van der Waals surface area contributed by atoms with Gasteiger partial charge in [0.05, 0.1) is 10.3 Å². The third-order valence-electron chi connectivity index (χ3n) is 5.45. The van der Waals surface area contributed by atoms with Gasteiger partial charge in [0.1, 0.15) is 0 Å². The van der Waals surface area contributed by atoms with Gasteiger partial charge in [-0.05, 0) is 29.9 Å². The standard InChI is InChI=1S/C21H22N2O4S/c24-18(15-27-20(26)21(8-9-21)16-5-2-1-3-6-16)22-10-12-23(13-11-22)19(25)17-7-4-14-28-17/h1-7,14H,8-13,15H2. The van der Waals surface area contributed by atoms with Crippen molar-refractivity contribution in [3.63, 3.8) is 0 Å². The van der Waals surface area contributed by atoms with Crippen LogP contribution in [0.25, 0.3) is 0 Å². The Morgan fingerprint density at radius 1 is 0.929 bits per heavy atom. The van der Waals surface area contributed by atoms with Gasteiger partial charge in [-0.15, -0.1) is 11.3 Å². The highest BCUT2D eigenvalue weighted by molar-refractivity contribution is 7.12. The van der Waals surface area contributed by atoms with Crippen molar-refractivity contribution in [2.75, 3.05) is 32.8 Å². The second-order valence-electron chi connectivity index (χ2n) is 7.17. The number of benzene rings is 1. The number of ether oxygens (including phenoxy) is 1. The van der Waals surface area contributed by atoms with Crippen molar-refractivity contribution in [2.24, 2.45) is 0 Å². The van der Waals surface area contributed by atoms with Crippen LogP contribution in [0, 0.1) is 0 Å². The number of amides is 2. The summed E-state index contributed by atoms with van der Waals surface area (Å²) in [5.74, 6) is -0.522. The molecule has 1 saturated heterocycles. The van der Waals surface area contributed by atoms with E-state index in [-0.39, 0.29) is 24.4 Å². The van der Waals surface area contributed by atoms with Gasteiger partial charge in [0.15, 0.2) is 6.61 Å². The van der Waals surface area contributed by atoms with Crippen molar-refractivity contribution in [1.29, 1.82) is 0 Å². The second kappa shape index (κ2) is 7.75. The predicted molar refractivity (Wildman–Crippen MR) is 105 cm³/mol. The molecule has 2 heterocycles. The number of carbonyl (C=O) groups excluding carboxylic acids is 3. The van der Waals surface area contributed by atoms with Crippen LogP contribution in [0.1, 0.15) is 28.1 Å². The Hall–Kier alpha value is -2.67. The van der Waals surface area contributed by atoms with Gasteiger partial charge in [-0.1, -0.05) is 36.4 Å². The predicted octanol–water partition coefficient (Wildman–Crippen LogP) is 2.31. The summed E-state index contributed by atoms with van der Waals surface area (Å²) in [4.78, 5) is 41.5. The number of rotatable bonds is 5. The van der Waals surface area contributed by atoms with Crippen LogP contribution in [-0.4, -0.2) is 60.4 Å². The Kier molecular flexibility index (Phi) is 5.17. The third kappa shape index (κ3) is 3.67. The highest BCUT2D eigenvalue weighted by atomic mass is 32.1. The van der Waals surface area contributed by atoms with Gasteiger partial charge in [-0.3, -0.25) is 14.4 Å². The molecule has 0 N–H and O–H groups in total. The summed E-state index contributed by atoms with van der Waals surface area (Å²) < 4.78 is 5.36. The molecule has 6 nitrogen and oxygen atoms in total. The number of hydrogen-bond donors (Lipinski definition) is 0. The fourth-order valence-corrected chi connectivity index (χ4v) is 4.26. The molecule has 0 radical (unpaired) electrons. The Bertz CT molecular complexity index is 854. The Morgan fingerprint density at radius 2 is 1.61 bits per heavy atom. The van der Waals surface area contributed by atoms with E-state index in [1.54, 1.807) is 9.80 Å². The summed E-state index contributed by atoms with van der Waals surface area (Å²) in [6.45, 7) is 1.65. The summed E-state index contributed by atoms with van der Waals surface area (Å²) in [5, 5.41) is 1.88. The summed E-state index contributed by atoms with van der Waals surface area (Å²) in [7, 11) is 0. The Labute approximate surface area is 167 Å². The van der Waals surface area contributed by atoms with Crippen LogP contribution < -0.4 is 0 Å². The van der Waals surface area contributed by atoms with E-state index >= 15 is 0 Å². The Morgan fingerprint density at radius 3 is 2.21 bits per heavy atom. The van der Waals surface area contributed by atoms with E-state index in [1.165, 1.54) is 11.3 Å². The maximum atomic E-state index is 12.5. The molecule has 4 rings (SSSR count). The van der Waals surface area contributed by atoms with Crippen LogP contribution in [0.4, 0.5) is 0 Å². The topological polar surface area (TPSA) is 66.9 Å². The minimum Gasteiger partial charge on any atom is -0.455 e. The van der Waals surface area contributed by atoms with Gasteiger partial charge in [0.25, 0.3) is 11.8 Å². The van der Waals surface area contributed by atoms with E-state index in [9.17, 15) is 14.4 Å². The summed E-state index contributed by atoms with van der Waals surface area (Å²) in [6.07, 6.45) is 1.51. The van der Waals surface area contributed by atoms with Crippen molar-refractivity contribution < 1.29 is 19.1 Å². The molecule has 1 aromatic carbocycles. The van der Waals surface area contributed by atoms with E-state index in [1.807, 2.05) is 47.8 Å². The second-order valence-corrected chi connectivity index (χ2v) is 8.12. The number of piperazine rings is 1. The molecule has 146 valence electrons. The summed E-state index contributed by atoms with van der Waals surface area (Å²) >= 11 is 1.42. The maximum Gasteiger partial charge on any atom is 0.317 e. The SMILES string of the molecule is O=C(COC(=O)C1(c2ccccc2)CC1)N1CCN(C(=O)c2cccs2)CC1. The van der Waals surface area contributed by atoms with E-state index in [0.29, 0.717) is 31.1 Å². The van der Waals surface area contributed by atoms with Crippen LogP contribution in [0.2, 0.25) is 0 Å². The number of hydrogen-bond acceptors (Lipinski definition) is 5. The molecule has 0 atom stereocenters. The smallest absolute Gasteiger partial charge is 0.317 e. The molecule has 0 spiro atoms. The molecule has 0 unspecified atom stereocenters. The molecular weight excluding hydrogens is 376 g/mol. The minimum absolute atomic E-state index is 0.00654. The van der Waals surface area contributed by atoms with Gasteiger partial charge < -0.3 is 14.5 Å². The van der Waals surface area contributed by atoms with Crippen LogP contribution in [-0.2, 0) is 19.7 Å². The first kappa shape index (κ1) is 18.7. The van der Waals surface area contributed by atoms with Crippen LogP contribution in [0.15, 0.2) is 47.8 Å². The number of carbonyl (C=O) groups is 3. The summed E-state index contributed by atoms with van der Waals surface area (Å²) in [5.41, 5.74) is 0.376. The van der Waals surface area contributed by atoms with Crippen molar-refractivity contribution in [3.8, 4) is 0 Å². The van der Waals surface area contributed by atoms with Gasteiger partial charge in [0.2, 0.25) is 0 Å². The van der Waals surface area contributed by atoms with Crippen molar-refractivity contribution >= 4 is 29.1 Å². The summed E-state index contributed by atoms with van der Waals surface area (Å²) in [6, 6.07) is 13.3. The first-order valence-corrected chi connectivity index (χ1v) is 10.3. The van der Waals surface area contributed by atoms with Gasteiger partial charge in [-0.25, -0.2) is 0 Å². The molecular formula is C21H22N2O4S. The molecule has 28 heavy (non-hydrogen) atoms. The first-order chi connectivity index (χ1) is 13.6. The van der Waals surface area contributed by atoms with Crippen molar-refractivity contribution in [1.82, 2.24) is 9.80 Å². The van der Waals surface area contributed by atoms with Crippen LogP contribution in [0.3, 0.4) is 0 Å². The third-order valence-corrected chi connectivity index (χ3v) is 6.30. The molecule has 2 aliphatic rings. The fourth-order valence-electron chi connectivity index (χ4n) is 3.56. The molecule has 1 saturated carbocycles. The monoisotopic (exact) mass is 398 g/mol. The zero-order valence-electron chi connectivity index (χ0n) is 15.5. The average molecular weight is 398 g/mol. The van der Waals surface area contributed by atoms with Crippen molar-refractivity contribution in [2.45, 2.75) is 18.3 Å². The molecule has 1 aromatic heterocycles. The normalized spacial score (nSPS) is 17.9. The van der Waals surface area contributed by atoms with Gasteiger partial charge >= 0.3 is 5.97 Å². The largest absolute Gasteiger partial charge is 0.455 e. The maximum absolute atomic E-state index is 12.5. The quantitative estimate of drug-likeness (QED) is 0.725. The lowest BCUT2D eigenvalue weighted by atomic mass is 9.96. The lowest BCUT2D eigenvalue weighted by Gasteiger charge is -2.34. The minimum atomic E-state index is -0.576. The molecule has 1 aliphatic carbocycles. The zero-order chi connectivity index (χ0) is 19.6. The fraction of sp³-hybridized carbons (Fsp3) is 0.381. The van der Waals surface area contributed by atoms with Crippen LogP contribution in [0.5, 0.6) is 0 Å². The highest BCUT2D eigenvalue weighted by Gasteiger charge is 2.52.